The molecule has 21 heavy (non-hydrogen) atoms. The predicted octanol–water partition coefficient (Wildman–Crippen LogP) is 1.64. The Bertz CT molecular complexity index is 608. The fourth-order valence-electron chi connectivity index (χ4n) is 1.72. The molecule has 7 heteroatoms. The van der Waals surface area contributed by atoms with Crippen LogP contribution in [0.15, 0.2) is 29.0 Å². The van der Waals surface area contributed by atoms with Crippen LogP contribution < -0.4 is 10.6 Å². The van der Waals surface area contributed by atoms with Crippen LogP contribution in [0.5, 0.6) is 0 Å². The number of hydrogen-bond donors (Lipinski definition) is 3. The fourth-order valence-corrected chi connectivity index (χ4v) is 3.37. The van der Waals surface area contributed by atoms with Crippen LogP contribution in [-0.4, -0.2) is 23.5 Å². The van der Waals surface area contributed by atoms with Gasteiger partial charge in [0.05, 0.1) is 6.54 Å². The van der Waals surface area contributed by atoms with Gasteiger partial charge in [-0.15, -0.1) is 11.3 Å². The van der Waals surface area contributed by atoms with Crippen LogP contribution in [0.4, 0.5) is 0 Å². The van der Waals surface area contributed by atoms with Crippen LogP contribution in [0, 0.1) is 0 Å². The number of nitrogens with one attached hydrogen (secondary N) is 2. The van der Waals surface area contributed by atoms with Gasteiger partial charge in [-0.05, 0) is 41.4 Å². The standard InChI is InChI=1S/C14H16N2O3S2/c1-2-15-13(18)14(19)16-7-10-3-4-11(21-10)12(17)9-5-6-20-8-9/h3-6,8,12,17H,2,7H2,1H3,(H,15,18)(H,16,19). The minimum absolute atomic E-state index is 0.275. The molecule has 0 fully saturated rings. The van der Waals surface area contributed by atoms with Crippen molar-refractivity contribution in [2.45, 2.75) is 19.6 Å². The molecule has 112 valence electrons. The number of rotatable bonds is 5. The predicted molar refractivity (Wildman–Crippen MR) is 83.2 cm³/mol. The highest BCUT2D eigenvalue weighted by atomic mass is 32.1. The van der Waals surface area contributed by atoms with Gasteiger partial charge in [-0.2, -0.15) is 11.3 Å². The molecule has 1 atom stereocenters. The van der Waals surface area contributed by atoms with E-state index in [-0.39, 0.29) is 6.54 Å². The highest BCUT2D eigenvalue weighted by Crippen LogP contribution is 2.29. The second-order valence-corrected chi connectivity index (χ2v) is 6.29. The van der Waals surface area contributed by atoms with E-state index in [0.717, 1.165) is 15.3 Å². The van der Waals surface area contributed by atoms with E-state index in [2.05, 4.69) is 10.6 Å². The largest absolute Gasteiger partial charge is 0.383 e. The molecule has 0 radical (unpaired) electrons. The molecule has 2 aromatic heterocycles. The van der Waals surface area contributed by atoms with Crippen molar-refractivity contribution in [2.24, 2.45) is 0 Å². The fraction of sp³-hybridized carbons (Fsp3) is 0.286. The molecular formula is C14H16N2O3S2. The Morgan fingerprint density at radius 3 is 2.67 bits per heavy atom. The normalized spacial score (nSPS) is 11.9. The summed E-state index contributed by atoms with van der Waals surface area (Å²) in [6.07, 6.45) is -0.644. The maximum absolute atomic E-state index is 11.5. The molecular weight excluding hydrogens is 308 g/mol. The van der Waals surface area contributed by atoms with Gasteiger partial charge >= 0.3 is 11.8 Å². The van der Waals surface area contributed by atoms with E-state index in [1.807, 2.05) is 29.0 Å². The first-order valence-corrected chi connectivity index (χ1v) is 8.22. The van der Waals surface area contributed by atoms with Crippen molar-refractivity contribution >= 4 is 34.5 Å². The molecule has 0 aliphatic heterocycles. The Kier molecular flexibility index (Phi) is 5.49. The Morgan fingerprint density at radius 2 is 2.00 bits per heavy atom. The molecule has 0 spiro atoms. The number of carbonyl (C=O) groups is 2. The molecule has 0 aromatic carbocycles. The van der Waals surface area contributed by atoms with Crippen molar-refractivity contribution in [1.29, 1.82) is 0 Å². The third kappa shape index (κ3) is 4.13. The van der Waals surface area contributed by atoms with Crippen molar-refractivity contribution in [3.8, 4) is 0 Å². The van der Waals surface area contributed by atoms with Crippen LogP contribution >= 0.6 is 22.7 Å². The lowest BCUT2D eigenvalue weighted by atomic mass is 10.2. The van der Waals surface area contributed by atoms with Crippen molar-refractivity contribution in [2.75, 3.05) is 6.54 Å². The number of aliphatic hydroxyl groups excluding tert-OH is 1. The summed E-state index contributed by atoms with van der Waals surface area (Å²) in [6, 6.07) is 5.56. The summed E-state index contributed by atoms with van der Waals surface area (Å²) in [6.45, 7) is 2.45. The third-order valence-electron chi connectivity index (χ3n) is 2.78. The molecule has 2 rings (SSSR count). The van der Waals surface area contributed by atoms with E-state index in [1.54, 1.807) is 6.92 Å². The second kappa shape index (κ2) is 7.35. The van der Waals surface area contributed by atoms with E-state index in [1.165, 1.54) is 22.7 Å². The topological polar surface area (TPSA) is 78.4 Å². The lowest BCUT2D eigenvalue weighted by Gasteiger charge is -2.05. The van der Waals surface area contributed by atoms with Gasteiger partial charge in [0, 0.05) is 16.3 Å². The molecule has 1 unspecified atom stereocenters. The highest BCUT2D eigenvalue weighted by molar-refractivity contribution is 7.12. The van der Waals surface area contributed by atoms with Crippen LogP contribution in [0.1, 0.15) is 28.3 Å². The number of likely N-dealkylation sites (N-methyl/N-ethyl adjacent to an activating group) is 1. The molecule has 0 aliphatic rings. The average molecular weight is 324 g/mol. The molecule has 0 aliphatic carbocycles. The molecule has 0 saturated carbocycles. The summed E-state index contributed by atoms with van der Waals surface area (Å²) in [7, 11) is 0. The van der Waals surface area contributed by atoms with Gasteiger partial charge in [0.25, 0.3) is 0 Å². The Morgan fingerprint density at radius 1 is 1.24 bits per heavy atom. The molecule has 3 N–H and O–H groups in total. The summed E-state index contributed by atoms with van der Waals surface area (Å²) in [5, 5.41) is 19.0. The number of amides is 2. The SMILES string of the molecule is CCNC(=O)C(=O)NCc1ccc(C(O)c2ccsc2)s1. The lowest BCUT2D eigenvalue weighted by molar-refractivity contribution is -0.139. The van der Waals surface area contributed by atoms with Gasteiger partial charge < -0.3 is 15.7 Å². The van der Waals surface area contributed by atoms with Crippen LogP contribution in [0.2, 0.25) is 0 Å². The zero-order valence-corrected chi connectivity index (χ0v) is 13.1. The smallest absolute Gasteiger partial charge is 0.309 e. The van der Waals surface area contributed by atoms with Gasteiger partial charge in [-0.3, -0.25) is 9.59 Å². The Balaban J connectivity index is 1.92. The van der Waals surface area contributed by atoms with Crippen molar-refractivity contribution in [3.05, 3.63) is 44.3 Å². The monoisotopic (exact) mass is 324 g/mol. The highest BCUT2D eigenvalue weighted by Gasteiger charge is 2.15. The summed E-state index contributed by atoms with van der Waals surface area (Å²) >= 11 is 2.95. The van der Waals surface area contributed by atoms with Gasteiger partial charge in [0.15, 0.2) is 0 Å². The maximum atomic E-state index is 11.5. The minimum atomic E-state index is -0.648. The molecule has 2 aromatic rings. The van der Waals surface area contributed by atoms with Gasteiger partial charge in [0.1, 0.15) is 6.10 Å². The second-order valence-electron chi connectivity index (χ2n) is 4.31. The number of hydrogen-bond acceptors (Lipinski definition) is 5. The van der Waals surface area contributed by atoms with Gasteiger partial charge in [-0.25, -0.2) is 0 Å². The van der Waals surface area contributed by atoms with Crippen LogP contribution in [0.3, 0.4) is 0 Å². The zero-order valence-electron chi connectivity index (χ0n) is 11.5. The molecule has 0 bridgehead atoms. The van der Waals surface area contributed by atoms with Crippen molar-refractivity contribution in [1.82, 2.24) is 10.6 Å². The van der Waals surface area contributed by atoms with Gasteiger partial charge in [0.2, 0.25) is 0 Å². The Hall–Kier alpha value is -1.70. The third-order valence-corrected chi connectivity index (χ3v) is 4.62. The van der Waals surface area contributed by atoms with Crippen molar-refractivity contribution < 1.29 is 14.7 Å². The zero-order chi connectivity index (χ0) is 15.2. The summed E-state index contributed by atoms with van der Waals surface area (Å²) in [5.41, 5.74) is 0.861. The van der Waals surface area contributed by atoms with E-state index in [4.69, 9.17) is 0 Å². The molecule has 2 heterocycles. The number of thiophene rings is 2. The molecule has 0 saturated heterocycles. The van der Waals surface area contributed by atoms with Crippen LogP contribution in [0.25, 0.3) is 0 Å². The van der Waals surface area contributed by atoms with Crippen LogP contribution in [-0.2, 0) is 16.1 Å². The first kappa shape index (κ1) is 15.7. The first-order chi connectivity index (χ1) is 10.1. The lowest BCUT2D eigenvalue weighted by Crippen LogP contribution is -2.39. The summed E-state index contributed by atoms with van der Waals surface area (Å²) in [5.74, 6) is -1.28. The summed E-state index contributed by atoms with van der Waals surface area (Å²) < 4.78 is 0. The van der Waals surface area contributed by atoms with Gasteiger partial charge in [-0.1, -0.05) is 0 Å². The minimum Gasteiger partial charge on any atom is -0.383 e. The van der Waals surface area contributed by atoms with E-state index < -0.39 is 17.9 Å². The molecule has 5 nitrogen and oxygen atoms in total. The quantitative estimate of drug-likeness (QED) is 0.732. The van der Waals surface area contributed by atoms with E-state index in [9.17, 15) is 14.7 Å². The average Bonchev–Trinajstić information content (AvgIpc) is 3.15. The van der Waals surface area contributed by atoms with E-state index in [0.29, 0.717) is 6.54 Å². The van der Waals surface area contributed by atoms with Crippen molar-refractivity contribution in [3.63, 3.8) is 0 Å². The number of aliphatic hydroxyl groups is 1. The number of carbonyl (C=O) groups excluding carboxylic acids is 2. The van der Waals surface area contributed by atoms with E-state index >= 15 is 0 Å². The first-order valence-electron chi connectivity index (χ1n) is 6.46. The maximum Gasteiger partial charge on any atom is 0.309 e. The summed E-state index contributed by atoms with van der Waals surface area (Å²) in [4.78, 5) is 24.4. The Labute approximate surface area is 130 Å². The molecule has 2 amide bonds.